The molecule has 1 N–H and O–H groups in total. The van der Waals surface area contributed by atoms with E-state index in [1.807, 2.05) is 18.2 Å². The Kier molecular flexibility index (Phi) is 6.00. The van der Waals surface area contributed by atoms with Crippen LogP contribution >= 0.6 is 12.2 Å². The lowest BCUT2D eigenvalue weighted by Gasteiger charge is -2.41. The maximum atomic E-state index is 12.2. The van der Waals surface area contributed by atoms with Gasteiger partial charge in [0.1, 0.15) is 5.75 Å². The summed E-state index contributed by atoms with van der Waals surface area (Å²) in [6, 6.07) is 16.8. The van der Waals surface area contributed by atoms with E-state index in [0.717, 1.165) is 25.3 Å². The summed E-state index contributed by atoms with van der Waals surface area (Å²) in [5.74, 6) is 0.123. The smallest absolute Gasteiger partial charge is 0.387 e. The summed E-state index contributed by atoms with van der Waals surface area (Å²) in [6.45, 7) is -0.208. The number of alkyl halides is 2. The molecule has 0 aliphatic carbocycles. The van der Waals surface area contributed by atoms with Crippen LogP contribution in [0.25, 0.3) is 0 Å². The molecule has 0 spiro atoms. The van der Waals surface area contributed by atoms with E-state index in [1.54, 1.807) is 12.1 Å². The Morgan fingerprint density at radius 3 is 2.46 bits per heavy atom. The molecule has 2 aromatic carbocycles. The molecule has 0 aromatic heterocycles. The molecule has 3 rings (SSSR count). The van der Waals surface area contributed by atoms with Crippen molar-refractivity contribution in [3.63, 3.8) is 0 Å². The van der Waals surface area contributed by atoms with Gasteiger partial charge in [-0.05, 0) is 49.1 Å². The highest BCUT2D eigenvalue weighted by atomic mass is 32.1. The highest BCUT2D eigenvalue weighted by molar-refractivity contribution is 7.80. The fraction of sp³-hybridized carbons (Fsp3) is 0.316. The number of thiocarbonyl (C=S) groups is 1. The average molecular weight is 377 g/mol. The second-order valence-electron chi connectivity index (χ2n) is 6.22. The molecule has 26 heavy (non-hydrogen) atoms. The molecule has 1 aliphatic rings. The number of ether oxygens (including phenoxy) is 1. The van der Waals surface area contributed by atoms with Gasteiger partial charge in [0.2, 0.25) is 0 Å². The van der Waals surface area contributed by atoms with Crippen molar-refractivity contribution in [1.82, 2.24) is 9.80 Å². The van der Waals surface area contributed by atoms with E-state index in [2.05, 4.69) is 39.0 Å². The Labute approximate surface area is 157 Å². The van der Waals surface area contributed by atoms with Gasteiger partial charge in [-0.25, -0.2) is 0 Å². The lowest BCUT2D eigenvalue weighted by molar-refractivity contribution is -0.0498. The van der Waals surface area contributed by atoms with Gasteiger partial charge < -0.3 is 19.9 Å². The monoisotopic (exact) mass is 377 g/mol. The van der Waals surface area contributed by atoms with Crippen LogP contribution in [0.15, 0.2) is 54.6 Å². The molecular formula is C19H21F2N3OS. The van der Waals surface area contributed by atoms with Crippen molar-refractivity contribution in [2.45, 2.75) is 12.7 Å². The molecule has 0 unspecified atom stereocenters. The predicted octanol–water partition coefficient (Wildman–Crippen LogP) is 3.97. The first kappa shape index (κ1) is 18.5. The van der Waals surface area contributed by atoms with Crippen molar-refractivity contribution in [2.24, 2.45) is 0 Å². The van der Waals surface area contributed by atoms with Gasteiger partial charge in [0.05, 0.1) is 6.04 Å². The molecule has 7 heteroatoms. The molecule has 0 saturated carbocycles. The van der Waals surface area contributed by atoms with E-state index in [1.165, 1.54) is 17.7 Å². The summed E-state index contributed by atoms with van der Waals surface area (Å²) >= 11 is 5.62. The van der Waals surface area contributed by atoms with E-state index in [-0.39, 0.29) is 11.8 Å². The van der Waals surface area contributed by atoms with Gasteiger partial charge in [0.15, 0.2) is 5.11 Å². The number of nitrogens with one attached hydrogen (secondary N) is 1. The molecule has 138 valence electrons. The first-order valence-corrected chi connectivity index (χ1v) is 8.80. The third-order valence-electron chi connectivity index (χ3n) is 4.36. The van der Waals surface area contributed by atoms with Crippen molar-refractivity contribution >= 4 is 23.0 Å². The number of hydrogen-bond donors (Lipinski definition) is 1. The zero-order valence-corrected chi connectivity index (χ0v) is 15.3. The number of halogens is 2. The minimum Gasteiger partial charge on any atom is -0.435 e. The van der Waals surface area contributed by atoms with Crippen LogP contribution in [-0.2, 0) is 0 Å². The third kappa shape index (κ3) is 4.68. The first-order valence-electron chi connectivity index (χ1n) is 8.39. The summed E-state index contributed by atoms with van der Waals surface area (Å²) in [6.07, 6.45) is 0. The summed E-state index contributed by atoms with van der Waals surface area (Å²) < 4.78 is 28.8. The Bertz CT molecular complexity index is 727. The summed E-state index contributed by atoms with van der Waals surface area (Å²) in [5, 5.41) is 3.82. The standard InChI is InChI=1S/C19H21F2N3OS/c1-23-11-12-24(17(13-23)14-5-3-2-4-6-14)19(26)22-15-7-9-16(10-8-15)25-18(20)21/h2-10,17-18H,11-13H2,1H3,(H,22,26)/t17-/m1/s1. The average Bonchev–Trinajstić information content (AvgIpc) is 2.63. The number of piperazine rings is 1. The van der Waals surface area contributed by atoms with Crippen molar-refractivity contribution < 1.29 is 13.5 Å². The zero-order chi connectivity index (χ0) is 18.5. The minimum atomic E-state index is -2.83. The molecule has 0 radical (unpaired) electrons. The van der Waals surface area contributed by atoms with Gasteiger partial charge in [-0.15, -0.1) is 0 Å². The van der Waals surface area contributed by atoms with Crippen LogP contribution in [0.2, 0.25) is 0 Å². The number of nitrogens with zero attached hydrogens (tertiary/aromatic N) is 2. The number of benzene rings is 2. The van der Waals surface area contributed by atoms with Crippen LogP contribution in [0.1, 0.15) is 11.6 Å². The van der Waals surface area contributed by atoms with E-state index in [9.17, 15) is 8.78 Å². The Hall–Kier alpha value is -2.25. The first-order chi connectivity index (χ1) is 12.5. The molecule has 1 heterocycles. The van der Waals surface area contributed by atoms with Crippen molar-refractivity contribution in [3.8, 4) is 5.75 Å². The topological polar surface area (TPSA) is 27.7 Å². The van der Waals surface area contributed by atoms with E-state index in [0.29, 0.717) is 5.11 Å². The number of likely N-dealkylation sites (N-methyl/N-ethyl adjacent to an activating group) is 1. The molecule has 4 nitrogen and oxygen atoms in total. The zero-order valence-electron chi connectivity index (χ0n) is 14.4. The third-order valence-corrected chi connectivity index (χ3v) is 4.70. The number of hydrogen-bond acceptors (Lipinski definition) is 3. The summed E-state index contributed by atoms with van der Waals surface area (Å²) in [5.41, 5.74) is 1.95. The summed E-state index contributed by atoms with van der Waals surface area (Å²) in [4.78, 5) is 4.46. The lowest BCUT2D eigenvalue weighted by atomic mass is 10.0. The van der Waals surface area contributed by atoms with Crippen LogP contribution in [0.5, 0.6) is 5.75 Å². The Balaban J connectivity index is 1.71. The van der Waals surface area contributed by atoms with Crippen LogP contribution in [-0.4, -0.2) is 48.2 Å². The molecular weight excluding hydrogens is 356 g/mol. The SMILES string of the molecule is CN1CCN(C(=S)Nc2ccc(OC(F)F)cc2)[C@@H](c2ccccc2)C1. The molecule has 0 bridgehead atoms. The Morgan fingerprint density at radius 1 is 1.12 bits per heavy atom. The highest BCUT2D eigenvalue weighted by Crippen LogP contribution is 2.26. The van der Waals surface area contributed by atoms with Gasteiger partial charge in [-0.3, -0.25) is 0 Å². The largest absolute Gasteiger partial charge is 0.435 e. The van der Waals surface area contributed by atoms with Crippen LogP contribution in [0.4, 0.5) is 14.5 Å². The fourth-order valence-corrected chi connectivity index (χ4v) is 3.37. The van der Waals surface area contributed by atoms with E-state index < -0.39 is 6.61 Å². The van der Waals surface area contributed by atoms with Crippen molar-refractivity contribution in [2.75, 3.05) is 32.0 Å². The van der Waals surface area contributed by atoms with Gasteiger partial charge in [0, 0.05) is 25.3 Å². The lowest BCUT2D eigenvalue weighted by Crippen LogP contribution is -2.50. The fourth-order valence-electron chi connectivity index (χ4n) is 3.04. The second kappa shape index (κ2) is 8.42. The van der Waals surface area contributed by atoms with Crippen LogP contribution in [0.3, 0.4) is 0 Å². The molecule has 2 aromatic rings. The maximum Gasteiger partial charge on any atom is 0.387 e. The van der Waals surface area contributed by atoms with Gasteiger partial charge in [-0.1, -0.05) is 30.3 Å². The maximum absolute atomic E-state index is 12.2. The molecule has 1 aliphatic heterocycles. The Morgan fingerprint density at radius 2 is 1.81 bits per heavy atom. The van der Waals surface area contributed by atoms with Gasteiger partial charge in [0.25, 0.3) is 0 Å². The molecule has 1 fully saturated rings. The molecule has 1 saturated heterocycles. The predicted molar refractivity (Wildman–Crippen MR) is 103 cm³/mol. The second-order valence-corrected chi connectivity index (χ2v) is 6.60. The van der Waals surface area contributed by atoms with Gasteiger partial charge >= 0.3 is 6.61 Å². The highest BCUT2D eigenvalue weighted by Gasteiger charge is 2.28. The summed E-state index contributed by atoms with van der Waals surface area (Å²) in [7, 11) is 2.10. The minimum absolute atomic E-state index is 0.123. The quantitative estimate of drug-likeness (QED) is 0.814. The number of rotatable bonds is 4. The molecule has 1 atom stereocenters. The molecule has 0 amide bonds. The normalized spacial score (nSPS) is 18.0. The van der Waals surface area contributed by atoms with E-state index in [4.69, 9.17) is 12.2 Å². The van der Waals surface area contributed by atoms with Crippen LogP contribution < -0.4 is 10.1 Å². The van der Waals surface area contributed by atoms with Crippen molar-refractivity contribution in [3.05, 3.63) is 60.2 Å². The van der Waals surface area contributed by atoms with E-state index >= 15 is 0 Å². The van der Waals surface area contributed by atoms with Gasteiger partial charge in [-0.2, -0.15) is 8.78 Å². The van der Waals surface area contributed by atoms with Crippen molar-refractivity contribution in [1.29, 1.82) is 0 Å². The van der Waals surface area contributed by atoms with Crippen LogP contribution in [0, 0.1) is 0 Å². The number of anilines is 1.